The SMILES string of the molecule is CNC(=O)[C@H](C)N(Cc1ccc(Cl)cc1)C(=O)CN(c1ccc(Cl)c(C(F)(F)F)c1)S(C)(=O)=O. The molecule has 0 saturated heterocycles. The summed E-state index contributed by atoms with van der Waals surface area (Å²) in [4.78, 5) is 26.6. The Labute approximate surface area is 205 Å². The highest BCUT2D eigenvalue weighted by atomic mass is 35.5. The lowest BCUT2D eigenvalue weighted by molar-refractivity contribution is -0.139. The summed E-state index contributed by atoms with van der Waals surface area (Å²) >= 11 is 11.5. The fourth-order valence-corrected chi connectivity index (χ4v) is 4.27. The van der Waals surface area contributed by atoms with Crippen LogP contribution in [0.3, 0.4) is 0 Å². The molecule has 34 heavy (non-hydrogen) atoms. The van der Waals surface area contributed by atoms with Gasteiger partial charge in [0, 0.05) is 18.6 Å². The van der Waals surface area contributed by atoms with E-state index < -0.39 is 56.9 Å². The maximum Gasteiger partial charge on any atom is 0.417 e. The number of rotatable bonds is 8. The third-order valence-electron chi connectivity index (χ3n) is 4.90. The predicted octanol–water partition coefficient (Wildman–Crippen LogP) is 3.94. The Balaban J connectivity index is 2.46. The minimum Gasteiger partial charge on any atom is -0.357 e. The number of halogens is 5. The second kappa shape index (κ2) is 10.8. The summed E-state index contributed by atoms with van der Waals surface area (Å²) in [6, 6.07) is 7.94. The molecule has 0 aliphatic rings. The molecule has 2 amide bonds. The molecule has 0 aromatic heterocycles. The number of hydrogen-bond acceptors (Lipinski definition) is 4. The molecule has 0 fully saturated rings. The maximum atomic E-state index is 13.3. The Morgan fingerprint density at radius 2 is 1.68 bits per heavy atom. The summed E-state index contributed by atoms with van der Waals surface area (Å²) in [5.74, 6) is -1.32. The molecule has 0 saturated carbocycles. The maximum absolute atomic E-state index is 13.3. The van der Waals surface area contributed by atoms with Crippen LogP contribution in [0.5, 0.6) is 0 Å². The molecule has 0 aliphatic carbocycles. The third-order valence-corrected chi connectivity index (χ3v) is 6.62. The lowest BCUT2D eigenvalue weighted by Gasteiger charge is -2.31. The average molecular weight is 540 g/mol. The van der Waals surface area contributed by atoms with Gasteiger partial charge in [0.2, 0.25) is 21.8 Å². The van der Waals surface area contributed by atoms with Gasteiger partial charge >= 0.3 is 6.18 Å². The molecular formula is C21H22Cl2F3N3O4S. The second-order valence-electron chi connectivity index (χ2n) is 7.37. The monoisotopic (exact) mass is 539 g/mol. The molecule has 1 N–H and O–H groups in total. The number of benzene rings is 2. The summed E-state index contributed by atoms with van der Waals surface area (Å²) in [5, 5.41) is 2.25. The Bertz CT molecular complexity index is 1160. The topological polar surface area (TPSA) is 86.8 Å². The van der Waals surface area contributed by atoms with Gasteiger partial charge in [0.25, 0.3) is 0 Å². The summed E-state index contributed by atoms with van der Waals surface area (Å²) < 4.78 is 65.3. The molecule has 1 atom stereocenters. The van der Waals surface area contributed by atoms with Crippen LogP contribution in [0, 0.1) is 0 Å². The van der Waals surface area contributed by atoms with E-state index in [0.717, 1.165) is 23.3 Å². The van der Waals surface area contributed by atoms with Crippen molar-refractivity contribution in [2.24, 2.45) is 0 Å². The van der Waals surface area contributed by atoms with E-state index >= 15 is 0 Å². The minimum absolute atomic E-state index is 0.0728. The molecule has 2 rings (SSSR count). The minimum atomic E-state index is -4.84. The van der Waals surface area contributed by atoms with Crippen LogP contribution in [0.4, 0.5) is 18.9 Å². The van der Waals surface area contributed by atoms with Crippen molar-refractivity contribution in [2.75, 3.05) is 24.2 Å². The average Bonchev–Trinajstić information content (AvgIpc) is 2.74. The van der Waals surface area contributed by atoms with Crippen molar-refractivity contribution >= 4 is 50.7 Å². The number of carbonyl (C=O) groups is 2. The van der Waals surface area contributed by atoms with E-state index in [1.807, 2.05) is 0 Å². The molecule has 186 valence electrons. The number of anilines is 1. The molecule has 0 heterocycles. The molecule has 2 aromatic carbocycles. The normalized spacial score (nSPS) is 12.7. The van der Waals surface area contributed by atoms with Gasteiger partial charge in [-0.2, -0.15) is 13.2 Å². The number of alkyl halides is 3. The molecule has 0 bridgehead atoms. The third kappa shape index (κ3) is 7.00. The number of hydrogen-bond donors (Lipinski definition) is 1. The van der Waals surface area contributed by atoms with Crippen LogP contribution in [-0.4, -0.2) is 51.0 Å². The van der Waals surface area contributed by atoms with Gasteiger partial charge in [0.1, 0.15) is 12.6 Å². The molecule has 7 nitrogen and oxygen atoms in total. The van der Waals surface area contributed by atoms with Gasteiger partial charge in [0.15, 0.2) is 0 Å². The van der Waals surface area contributed by atoms with Crippen LogP contribution in [0.15, 0.2) is 42.5 Å². The molecule has 0 unspecified atom stereocenters. The van der Waals surface area contributed by atoms with Crippen LogP contribution in [0.1, 0.15) is 18.1 Å². The van der Waals surface area contributed by atoms with Gasteiger partial charge in [-0.3, -0.25) is 13.9 Å². The standard InChI is InChI=1S/C21H22Cl2F3N3O4S/c1-13(20(31)27-2)28(11-14-4-6-15(22)7-5-14)19(30)12-29(34(3,32)33)16-8-9-18(23)17(10-16)21(24,25)26/h4-10,13H,11-12H2,1-3H3,(H,27,31)/t13-/m0/s1. The second-order valence-corrected chi connectivity index (χ2v) is 10.1. The van der Waals surface area contributed by atoms with Gasteiger partial charge in [-0.05, 0) is 42.8 Å². The first-order chi connectivity index (χ1) is 15.6. The van der Waals surface area contributed by atoms with Gasteiger partial charge in [0.05, 0.1) is 22.5 Å². The molecule has 13 heteroatoms. The van der Waals surface area contributed by atoms with Gasteiger partial charge in [-0.25, -0.2) is 8.42 Å². The first kappa shape index (κ1) is 27.7. The number of amides is 2. The first-order valence-electron chi connectivity index (χ1n) is 9.75. The number of nitrogens with zero attached hydrogens (tertiary/aromatic N) is 2. The fourth-order valence-electron chi connectivity index (χ4n) is 3.08. The van der Waals surface area contributed by atoms with Crippen LogP contribution in [-0.2, 0) is 32.3 Å². The van der Waals surface area contributed by atoms with Gasteiger partial charge < -0.3 is 10.2 Å². The molecule has 0 radical (unpaired) electrons. The number of nitrogens with one attached hydrogen (secondary N) is 1. The Morgan fingerprint density at radius 3 is 2.18 bits per heavy atom. The zero-order chi connectivity index (χ0) is 25.8. The van der Waals surface area contributed by atoms with E-state index in [2.05, 4.69) is 5.32 Å². The highest BCUT2D eigenvalue weighted by Crippen LogP contribution is 2.37. The van der Waals surface area contributed by atoms with E-state index in [0.29, 0.717) is 21.0 Å². The van der Waals surface area contributed by atoms with Crippen molar-refractivity contribution in [3.63, 3.8) is 0 Å². The predicted molar refractivity (Wildman–Crippen MR) is 124 cm³/mol. The summed E-state index contributed by atoms with van der Waals surface area (Å²) in [7, 11) is -2.82. The Morgan fingerprint density at radius 1 is 1.09 bits per heavy atom. The lowest BCUT2D eigenvalue weighted by atomic mass is 10.1. The molecule has 0 spiro atoms. The lowest BCUT2D eigenvalue weighted by Crippen LogP contribution is -2.50. The van der Waals surface area contributed by atoms with Crippen molar-refractivity contribution in [1.82, 2.24) is 10.2 Å². The molecule has 0 aliphatic heterocycles. The van der Waals surface area contributed by atoms with Crippen LogP contribution >= 0.6 is 23.2 Å². The molecule has 2 aromatic rings. The fraction of sp³-hybridized carbons (Fsp3) is 0.333. The Hall–Kier alpha value is -2.50. The van der Waals surface area contributed by atoms with Crippen molar-refractivity contribution in [2.45, 2.75) is 25.7 Å². The highest BCUT2D eigenvalue weighted by molar-refractivity contribution is 7.92. The Kier molecular flexibility index (Phi) is 8.84. The van der Waals surface area contributed by atoms with Crippen molar-refractivity contribution in [3.05, 3.63) is 63.6 Å². The zero-order valence-electron chi connectivity index (χ0n) is 18.4. The summed E-state index contributed by atoms with van der Waals surface area (Å²) in [5.41, 5.74) is -1.04. The van der Waals surface area contributed by atoms with E-state index in [4.69, 9.17) is 23.2 Å². The number of sulfonamides is 1. The summed E-state index contributed by atoms with van der Waals surface area (Å²) in [6.07, 6.45) is -4.08. The van der Waals surface area contributed by atoms with E-state index in [9.17, 15) is 31.2 Å². The van der Waals surface area contributed by atoms with Crippen molar-refractivity contribution in [1.29, 1.82) is 0 Å². The quantitative estimate of drug-likeness (QED) is 0.550. The smallest absolute Gasteiger partial charge is 0.357 e. The van der Waals surface area contributed by atoms with E-state index in [-0.39, 0.29) is 6.54 Å². The van der Waals surface area contributed by atoms with Crippen LogP contribution in [0.2, 0.25) is 10.0 Å². The highest BCUT2D eigenvalue weighted by Gasteiger charge is 2.35. The molecular weight excluding hydrogens is 518 g/mol. The van der Waals surface area contributed by atoms with Crippen molar-refractivity contribution in [3.8, 4) is 0 Å². The first-order valence-corrected chi connectivity index (χ1v) is 12.4. The largest absolute Gasteiger partial charge is 0.417 e. The van der Waals surface area contributed by atoms with Crippen LogP contribution < -0.4 is 9.62 Å². The van der Waals surface area contributed by atoms with Crippen molar-refractivity contribution < 1.29 is 31.2 Å². The van der Waals surface area contributed by atoms with E-state index in [1.54, 1.807) is 24.3 Å². The zero-order valence-corrected chi connectivity index (χ0v) is 20.7. The van der Waals surface area contributed by atoms with Gasteiger partial charge in [-0.15, -0.1) is 0 Å². The van der Waals surface area contributed by atoms with E-state index in [1.165, 1.54) is 14.0 Å². The number of likely N-dealkylation sites (N-methyl/N-ethyl adjacent to an activating group) is 1. The number of carbonyl (C=O) groups excluding carboxylic acids is 2. The van der Waals surface area contributed by atoms with Gasteiger partial charge in [-0.1, -0.05) is 35.3 Å². The van der Waals surface area contributed by atoms with Crippen LogP contribution in [0.25, 0.3) is 0 Å². The summed E-state index contributed by atoms with van der Waals surface area (Å²) in [6.45, 7) is 0.533.